The average molecular weight is 273 g/mol. The minimum atomic E-state index is 0.805. The molecule has 1 aliphatic rings. The zero-order chi connectivity index (χ0) is 13.2. The van der Waals surface area contributed by atoms with Gasteiger partial charge in [-0.05, 0) is 41.3 Å². The number of benzene rings is 2. The molecule has 19 heavy (non-hydrogen) atoms. The van der Waals surface area contributed by atoms with Gasteiger partial charge < -0.3 is 5.73 Å². The molecule has 0 saturated heterocycles. The molecule has 0 atom stereocenters. The summed E-state index contributed by atoms with van der Waals surface area (Å²) in [6.45, 7) is 2.95. The summed E-state index contributed by atoms with van der Waals surface area (Å²) in [6.07, 6.45) is 1.03. The summed E-state index contributed by atoms with van der Waals surface area (Å²) in [4.78, 5) is 2.44. The van der Waals surface area contributed by atoms with Crippen molar-refractivity contribution in [1.82, 2.24) is 4.90 Å². The Morgan fingerprint density at radius 2 is 2.00 bits per heavy atom. The van der Waals surface area contributed by atoms with Gasteiger partial charge in [-0.15, -0.1) is 0 Å². The molecule has 0 aliphatic carbocycles. The van der Waals surface area contributed by atoms with E-state index in [2.05, 4.69) is 17.0 Å². The van der Waals surface area contributed by atoms with Gasteiger partial charge in [-0.2, -0.15) is 0 Å². The van der Waals surface area contributed by atoms with Crippen molar-refractivity contribution in [2.75, 3.05) is 12.3 Å². The van der Waals surface area contributed by atoms with Crippen LogP contribution < -0.4 is 5.73 Å². The molecule has 2 aromatic rings. The van der Waals surface area contributed by atoms with Gasteiger partial charge in [-0.25, -0.2) is 0 Å². The molecule has 3 rings (SSSR count). The summed E-state index contributed by atoms with van der Waals surface area (Å²) in [5, 5.41) is 0.805. The first-order chi connectivity index (χ1) is 9.22. The number of nitrogen functional groups attached to an aromatic ring is 1. The number of fused-ring (bicyclic) bond motifs is 1. The lowest BCUT2D eigenvalue weighted by atomic mass is 9.97. The summed E-state index contributed by atoms with van der Waals surface area (Å²) >= 11 is 6.03. The number of nitrogens with zero attached hydrogens (tertiary/aromatic N) is 1. The third-order valence-corrected chi connectivity index (χ3v) is 3.91. The maximum absolute atomic E-state index is 6.03. The van der Waals surface area contributed by atoms with Gasteiger partial charge in [0.2, 0.25) is 0 Å². The molecule has 2 nitrogen and oxygen atoms in total. The van der Waals surface area contributed by atoms with Crippen LogP contribution in [-0.4, -0.2) is 11.4 Å². The highest BCUT2D eigenvalue weighted by molar-refractivity contribution is 6.30. The van der Waals surface area contributed by atoms with Crippen LogP contribution in [0.1, 0.15) is 16.7 Å². The van der Waals surface area contributed by atoms with Crippen LogP contribution in [-0.2, 0) is 19.5 Å². The van der Waals surface area contributed by atoms with Crippen molar-refractivity contribution >= 4 is 17.3 Å². The normalized spacial score (nSPS) is 15.2. The van der Waals surface area contributed by atoms with E-state index in [0.29, 0.717) is 0 Å². The van der Waals surface area contributed by atoms with Gasteiger partial charge in [0.15, 0.2) is 0 Å². The summed E-state index contributed by atoms with van der Waals surface area (Å²) in [7, 11) is 0. The fraction of sp³-hybridized carbons (Fsp3) is 0.250. The Kier molecular flexibility index (Phi) is 3.45. The highest BCUT2D eigenvalue weighted by Gasteiger charge is 2.17. The van der Waals surface area contributed by atoms with E-state index in [1.807, 2.05) is 30.3 Å². The van der Waals surface area contributed by atoms with Crippen LogP contribution in [0.2, 0.25) is 5.02 Å². The molecular weight excluding hydrogens is 256 g/mol. The molecule has 0 spiro atoms. The number of hydrogen-bond donors (Lipinski definition) is 1. The molecule has 1 aliphatic heterocycles. The molecule has 0 bridgehead atoms. The minimum absolute atomic E-state index is 0.805. The first-order valence-electron chi connectivity index (χ1n) is 6.55. The third-order valence-electron chi connectivity index (χ3n) is 3.68. The predicted octanol–water partition coefficient (Wildman–Crippen LogP) is 3.48. The molecule has 2 aromatic carbocycles. The molecule has 3 heteroatoms. The number of halogens is 1. The highest BCUT2D eigenvalue weighted by atomic mass is 35.5. The summed E-state index contributed by atoms with van der Waals surface area (Å²) in [5.41, 5.74) is 10.9. The maximum atomic E-state index is 6.03. The Labute approximate surface area is 118 Å². The van der Waals surface area contributed by atoms with E-state index in [0.717, 1.165) is 36.8 Å². The smallest absolute Gasteiger partial charge is 0.0409 e. The zero-order valence-electron chi connectivity index (χ0n) is 10.8. The molecule has 0 saturated carbocycles. The van der Waals surface area contributed by atoms with Gasteiger partial charge in [-0.1, -0.05) is 35.9 Å². The second-order valence-corrected chi connectivity index (χ2v) is 5.51. The minimum Gasteiger partial charge on any atom is -0.398 e. The van der Waals surface area contributed by atoms with Gasteiger partial charge in [0, 0.05) is 30.3 Å². The molecule has 0 aromatic heterocycles. The van der Waals surface area contributed by atoms with Gasteiger partial charge in [0.1, 0.15) is 0 Å². The Bertz CT molecular complexity index is 595. The quantitative estimate of drug-likeness (QED) is 0.848. The fourth-order valence-corrected chi connectivity index (χ4v) is 2.94. The topological polar surface area (TPSA) is 29.3 Å². The van der Waals surface area contributed by atoms with E-state index in [4.69, 9.17) is 17.3 Å². The van der Waals surface area contributed by atoms with Crippen molar-refractivity contribution in [3.8, 4) is 0 Å². The Hall–Kier alpha value is -1.51. The maximum Gasteiger partial charge on any atom is 0.0409 e. The molecule has 0 amide bonds. The van der Waals surface area contributed by atoms with Crippen molar-refractivity contribution in [2.45, 2.75) is 19.5 Å². The molecule has 0 fully saturated rings. The first-order valence-corrected chi connectivity index (χ1v) is 6.93. The van der Waals surface area contributed by atoms with Gasteiger partial charge >= 0.3 is 0 Å². The number of nitrogens with two attached hydrogens (primary N) is 1. The van der Waals surface area contributed by atoms with Crippen molar-refractivity contribution < 1.29 is 0 Å². The van der Waals surface area contributed by atoms with E-state index < -0.39 is 0 Å². The van der Waals surface area contributed by atoms with Crippen LogP contribution in [0.3, 0.4) is 0 Å². The number of rotatable bonds is 2. The van der Waals surface area contributed by atoms with Crippen LogP contribution in [0.5, 0.6) is 0 Å². The van der Waals surface area contributed by atoms with Crippen LogP contribution in [0.4, 0.5) is 5.69 Å². The average Bonchev–Trinajstić information content (AvgIpc) is 2.39. The number of hydrogen-bond acceptors (Lipinski definition) is 2. The van der Waals surface area contributed by atoms with Gasteiger partial charge in [0.05, 0.1) is 0 Å². The van der Waals surface area contributed by atoms with Crippen molar-refractivity contribution in [1.29, 1.82) is 0 Å². The molecule has 2 N–H and O–H groups in total. The first kappa shape index (κ1) is 12.5. The standard InChI is InChI=1S/C16H17ClN2/c17-14-5-1-3-12(9-14)10-19-8-7-15-13(11-19)4-2-6-16(15)18/h1-6,9H,7-8,10-11,18H2. The van der Waals surface area contributed by atoms with Crippen LogP contribution in [0.25, 0.3) is 0 Å². The SMILES string of the molecule is Nc1cccc2c1CCN(Cc1cccc(Cl)c1)C2. The zero-order valence-corrected chi connectivity index (χ0v) is 11.5. The van der Waals surface area contributed by atoms with E-state index in [-0.39, 0.29) is 0 Å². The van der Waals surface area contributed by atoms with Crippen LogP contribution in [0, 0.1) is 0 Å². The Balaban J connectivity index is 1.76. The molecule has 98 valence electrons. The molecule has 0 unspecified atom stereocenters. The second-order valence-electron chi connectivity index (χ2n) is 5.08. The van der Waals surface area contributed by atoms with Crippen LogP contribution in [0.15, 0.2) is 42.5 Å². The fourth-order valence-electron chi connectivity index (χ4n) is 2.73. The molecule has 0 radical (unpaired) electrons. The highest BCUT2D eigenvalue weighted by Crippen LogP contribution is 2.25. The van der Waals surface area contributed by atoms with Crippen molar-refractivity contribution in [3.63, 3.8) is 0 Å². The summed E-state index contributed by atoms with van der Waals surface area (Å²) in [5.74, 6) is 0. The van der Waals surface area contributed by atoms with Crippen molar-refractivity contribution in [3.05, 3.63) is 64.2 Å². The van der Waals surface area contributed by atoms with E-state index in [1.54, 1.807) is 0 Å². The molecule has 1 heterocycles. The lowest BCUT2D eigenvalue weighted by Crippen LogP contribution is -2.30. The van der Waals surface area contributed by atoms with Gasteiger partial charge in [0.25, 0.3) is 0 Å². The Morgan fingerprint density at radius 1 is 1.16 bits per heavy atom. The van der Waals surface area contributed by atoms with E-state index in [9.17, 15) is 0 Å². The molecular formula is C16H17ClN2. The summed E-state index contributed by atoms with van der Waals surface area (Å²) in [6, 6.07) is 14.3. The van der Waals surface area contributed by atoms with E-state index >= 15 is 0 Å². The predicted molar refractivity (Wildman–Crippen MR) is 80.1 cm³/mol. The largest absolute Gasteiger partial charge is 0.398 e. The second kappa shape index (κ2) is 5.24. The van der Waals surface area contributed by atoms with E-state index in [1.165, 1.54) is 16.7 Å². The monoisotopic (exact) mass is 272 g/mol. The Morgan fingerprint density at radius 3 is 2.84 bits per heavy atom. The van der Waals surface area contributed by atoms with Crippen LogP contribution >= 0.6 is 11.6 Å². The summed E-state index contributed by atoms with van der Waals surface area (Å²) < 4.78 is 0. The van der Waals surface area contributed by atoms with Gasteiger partial charge in [-0.3, -0.25) is 4.90 Å². The van der Waals surface area contributed by atoms with Crippen molar-refractivity contribution in [2.24, 2.45) is 0 Å². The third kappa shape index (κ3) is 2.75. The number of anilines is 1. The lowest BCUT2D eigenvalue weighted by Gasteiger charge is -2.29. The lowest BCUT2D eigenvalue weighted by molar-refractivity contribution is 0.246.